The quantitative estimate of drug-likeness (QED) is 0.781. The third kappa shape index (κ3) is 6.36. The van der Waals surface area contributed by atoms with E-state index >= 15 is 0 Å². The van der Waals surface area contributed by atoms with Crippen LogP contribution >= 0.6 is 37.2 Å². The summed E-state index contributed by atoms with van der Waals surface area (Å²) in [6, 6.07) is 1.68. The number of rotatable bonds is 4. The average Bonchev–Trinajstić information content (AvgIpc) is 2.18. The second kappa shape index (κ2) is 10.5. The smallest absolute Gasteiger partial charge is 0.0223 e. The highest BCUT2D eigenvalue weighted by Crippen LogP contribution is 2.26. The lowest BCUT2D eigenvalue weighted by Crippen LogP contribution is -2.59. The van der Waals surface area contributed by atoms with E-state index in [1.165, 1.54) is 51.9 Å². The van der Waals surface area contributed by atoms with Crippen molar-refractivity contribution in [2.45, 2.75) is 37.8 Å². The van der Waals surface area contributed by atoms with Crippen molar-refractivity contribution in [3.8, 4) is 0 Å². The summed E-state index contributed by atoms with van der Waals surface area (Å²) in [4.78, 5) is 7.61. The lowest BCUT2D eigenvalue weighted by molar-refractivity contribution is 0.00910. The Kier molecular flexibility index (Phi) is 12.1. The first-order valence-electron chi connectivity index (χ1n) is 6.76. The minimum Gasteiger partial charge on any atom is -0.309 e. The molecule has 2 aliphatic rings. The van der Waals surface area contributed by atoms with Crippen molar-refractivity contribution in [1.29, 1.82) is 0 Å². The molecule has 2 unspecified atom stereocenters. The van der Waals surface area contributed by atoms with Crippen LogP contribution in [0.5, 0.6) is 0 Å². The van der Waals surface area contributed by atoms with Crippen LogP contribution in [0.1, 0.15) is 25.7 Å². The zero-order chi connectivity index (χ0) is 11.5. The predicted octanol–water partition coefficient (Wildman–Crippen LogP) is 2.37. The number of nitrogens with zero attached hydrogens (tertiary/aromatic N) is 3. The van der Waals surface area contributed by atoms with E-state index in [0.717, 1.165) is 12.1 Å². The SMILES string of the molecule is CN(C)CCCN1CC2CCCC(C1)N2C.Cl.Cl.Cl. The monoisotopic (exact) mass is 333 g/mol. The van der Waals surface area contributed by atoms with Gasteiger partial charge in [-0.1, -0.05) is 6.42 Å². The van der Waals surface area contributed by atoms with Crippen LogP contribution in [0.15, 0.2) is 0 Å². The van der Waals surface area contributed by atoms with Crippen molar-refractivity contribution >= 4 is 37.2 Å². The maximum absolute atomic E-state index is 2.69. The van der Waals surface area contributed by atoms with E-state index in [-0.39, 0.29) is 37.2 Å². The van der Waals surface area contributed by atoms with E-state index in [2.05, 4.69) is 35.8 Å². The average molecular weight is 335 g/mol. The number of fused-ring (bicyclic) bond motifs is 2. The van der Waals surface area contributed by atoms with Gasteiger partial charge in [-0.25, -0.2) is 0 Å². The molecule has 0 aromatic rings. The molecule has 3 nitrogen and oxygen atoms in total. The Balaban J connectivity index is 0. The maximum atomic E-state index is 2.69. The summed E-state index contributed by atoms with van der Waals surface area (Å²) in [6.07, 6.45) is 5.59. The summed E-state index contributed by atoms with van der Waals surface area (Å²) in [6.45, 7) is 5.13. The van der Waals surface area contributed by atoms with Crippen LogP contribution < -0.4 is 0 Å². The fourth-order valence-corrected chi connectivity index (χ4v) is 3.20. The molecule has 2 fully saturated rings. The number of hydrogen-bond donors (Lipinski definition) is 0. The molecule has 6 heteroatoms. The first kappa shape index (κ1) is 22.0. The number of likely N-dealkylation sites (N-methyl/N-ethyl adjacent to an activating group) is 1. The molecule has 0 aromatic carbocycles. The van der Waals surface area contributed by atoms with E-state index in [1.54, 1.807) is 0 Å². The van der Waals surface area contributed by atoms with E-state index in [1.807, 2.05) is 0 Å². The second-order valence-electron chi connectivity index (χ2n) is 5.82. The molecule has 2 saturated heterocycles. The Morgan fingerprint density at radius 1 is 1.00 bits per heavy atom. The number of halogens is 3. The van der Waals surface area contributed by atoms with Gasteiger partial charge >= 0.3 is 0 Å². The van der Waals surface area contributed by atoms with Gasteiger partial charge < -0.3 is 9.80 Å². The fraction of sp³-hybridized carbons (Fsp3) is 1.00. The van der Waals surface area contributed by atoms with Gasteiger partial charge in [0.15, 0.2) is 0 Å². The Hall–Kier alpha value is 0.750. The Morgan fingerprint density at radius 3 is 2.00 bits per heavy atom. The molecule has 0 amide bonds. The van der Waals surface area contributed by atoms with Crippen molar-refractivity contribution in [2.75, 3.05) is 47.3 Å². The molecule has 0 radical (unpaired) electrons. The molecule has 2 bridgehead atoms. The first-order chi connectivity index (χ1) is 7.66. The topological polar surface area (TPSA) is 9.72 Å². The highest BCUT2D eigenvalue weighted by molar-refractivity contribution is 5.86. The van der Waals surface area contributed by atoms with Gasteiger partial charge in [-0.3, -0.25) is 4.90 Å². The van der Waals surface area contributed by atoms with Crippen LogP contribution in [-0.4, -0.2) is 74.1 Å². The molecule has 2 heterocycles. The molecular formula is C13H30Cl3N3. The third-order valence-corrected chi connectivity index (χ3v) is 4.24. The molecule has 19 heavy (non-hydrogen) atoms. The zero-order valence-electron chi connectivity index (χ0n) is 12.4. The number of piperidine rings is 1. The third-order valence-electron chi connectivity index (χ3n) is 4.24. The van der Waals surface area contributed by atoms with Gasteiger partial charge in [-0.2, -0.15) is 0 Å². The van der Waals surface area contributed by atoms with Crippen LogP contribution in [0.3, 0.4) is 0 Å². The minimum absolute atomic E-state index is 0. The van der Waals surface area contributed by atoms with Gasteiger partial charge in [-0.15, -0.1) is 37.2 Å². The molecule has 2 rings (SSSR count). The zero-order valence-corrected chi connectivity index (χ0v) is 14.8. The van der Waals surface area contributed by atoms with Gasteiger partial charge in [-0.05, 0) is 53.5 Å². The summed E-state index contributed by atoms with van der Waals surface area (Å²) in [5.74, 6) is 0. The van der Waals surface area contributed by atoms with Crippen LogP contribution in [0.25, 0.3) is 0 Å². The standard InChI is InChI=1S/C13H27N3.3ClH/c1-14(2)8-5-9-16-10-12-6-4-7-13(11-16)15(12)3;;;/h12-13H,4-11H2,1-3H3;3*1H. The van der Waals surface area contributed by atoms with E-state index in [9.17, 15) is 0 Å². The molecule has 2 aliphatic heterocycles. The maximum Gasteiger partial charge on any atom is 0.0223 e. The highest BCUT2D eigenvalue weighted by atomic mass is 35.5. The van der Waals surface area contributed by atoms with Crippen LogP contribution in [0, 0.1) is 0 Å². The van der Waals surface area contributed by atoms with Gasteiger partial charge in [0.1, 0.15) is 0 Å². The van der Waals surface area contributed by atoms with Crippen LogP contribution in [0.4, 0.5) is 0 Å². The summed E-state index contributed by atoms with van der Waals surface area (Å²) >= 11 is 0. The van der Waals surface area contributed by atoms with Gasteiger partial charge in [0.25, 0.3) is 0 Å². The predicted molar refractivity (Wildman–Crippen MR) is 90.5 cm³/mol. The van der Waals surface area contributed by atoms with Gasteiger partial charge in [0, 0.05) is 25.2 Å². The molecule has 2 atom stereocenters. The lowest BCUT2D eigenvalue weighted by atomic mass is 9.92. The van der Waals surface area contributed by atoms with Crippen LogP contribution in [0.2, 0.25) is 0 Å². The minimum atomic E-state index is 0. The Morgan fingerprint density at radius 2 is 1.53 bits per heavy atom. The molecule has 0 spiro atoms. The second-order valence-corrected chi connectivity index (χ2v) is 5.82. The molecule has 0 N–H and O–H groups in total. The molecule has 0 aliphatic carbocycles. The number of hydrogen-bond acceptors (Lipinski definition) is 3. The van der Waals surface area contributed by atoms with Gasteiger partial charge in [0.05, 0.1) is 0 Å². The van der Waals surface area contributed by atoms with Crippen molar-refractivity contribution in [2.24, 2.45) is 0 Å². The molecule has 0 saturated carbocycles. The van der Waals surface area contributed by atoms with Crippen LogP contribution in [-0.2, 0) is 0 Å². The van der Waals surface area contributed by atoms with Gasteiger partial charge in [0.2, 0.25) is 0 Å². The summed E-state index contributed by atoms with van der Waals surface area (Å²) in [5, 5.41) is 0. The number of likely N-dealkylation sites (tertiary alicyclic amines) is 1. The summed E-state index contributed by atoms with van der Waals surface area (Å²) in [7, 11) is 6.66. The Labute approximate surface area is 137 Å². The summed E-state index contributed by atoms with van der Waals surface area (Å²) < 4.78 is 0. The molecule has 0 aromatic heterocycles. The van der Waals surface area contributed by atoms with Crippen molar-refractivity contribution in [1.82, 2.24) is 14.7 Å². The van der Waals surface area contributed by atoms with E-state index in [4.69, 9.17) is 0 Å². The first-order valence-corrected chi connectivity index (χ1v) is 6.76. The largest absolute Gasteiger partial charge is 0.309 e. The highest BCUT2D eigenvalue weighted by Gasteiger charge is 2.34. The molecule has 118 valence electrons. The van der Waals surface area contributed by atoms with E-state index < -0.39 is 0 Å². The number of piperazine rings is 1. The fourth-order valence-electron chi connectivity index (χ4n) is 3.20. The van der Waals surface area contributed by atoms with E-state index in [0.29, 0.717) is 0 Å². The molecular weight excluding hydrogens is 305 g/mol. The normalized spacial score (nSPS) is 27.2. The van der Waals surface area contributed by atoms with Crippen molar-refractivity contribution in [3.05, 3.63) is 0 Å². The lowest BCUT2D eigenvalue weighted by Gasteiger charge is -2.48. The van der Waals surface area contributed by atoms with Crippen molar-refractivity contribution in [3.63, 3.8) is 0 Å². The summed E-state index contributed by atoms with van der Waals surface area (Å²) in [5.41, 5.74) is 0. The Bertz CT molecular complexity index is 215. The van der Waals surface area contributed by atoms with Crippen molar-refractivity contribution < 1.29 is 0 Å².